The van der Waals surface area contributed by atoms with E-state index in [4.69, 9.17) is 10.2 Å². The molecule has 8 aliphatic carbocycles. The fourth-order valence-corrected chi connectivity index (χ4v) is 11.3. The van der Waals surface area contributed by atoms with Crippen molar-refractivity contribution < 1.29 is 47.9 Å². The van der Waals surface area contributed by atoms with E-state index in [2.05, 4.69) is 209 Å². The molecule has 8 rings (SSSR count). The third kappa shape index (κ3) is 27.6. The van der Waals surface area contributed by atoms with Crippen LogP contribution in [0.3, 0.4) is 0 Å². The van der Waals surface area contributed by atoms with Crippen LogP contribution in [0.5, 0.6) is 0 Å². The van der Waals surface area contributed by atoms with Crippen molar-refractivity contribution in [3.8, 4) is 0 Å². The van der Waals surface area contributed by atoms with Gasteiger partial charge in [-0.15, -0.1) is 0 Å². The zero-order valence-corrected chi connectivity index (χ0v) is 48.3. The van der Waals surface area contributed by atoms with Gasteiger partial charge in [-0.05, 0) is 95.5 Å². The molecule has 13 heteroatoms. The molecule has 53 heavy (non-hydrogen) atoms. The van der Waals surface area contributed by atoms with Crippen LogP contribution in [0.4, 0.5) is 0 Å². The predicted octanol–water partition coefficient (Wildman–Crippen LogP) is 11.0. The first kappa shape index (κ1) is 63.8. The van der Waals surface area contributed by atoms with Gasteiger partial charge in [-0.3, -0.25) is 0 Å². The van der Waals surface area contributed by atoms with Crippen molar-refractivity contribution >= 4 is 143 Å². The average molecular weight is 1310 g/mol. The summed E-state index contributed by atoms with van der Waals surface area (Å²) in [6.45, 7) is 13.6. The minimum atomic E-state index is -0.111. The summed E-state index contributed by atoms with van der Waals surface area (Å²) in [6, 6.07) is 0. The Bertz CT molecular complexity index is 1030. The number of hydrogen-bond acceptors (Lipinski definition) is 2. The minimum absolute atomic E-state index is 0. The molecule has 3 saturated carbocycles. The van der Waals surface area contributed by atoms with Crippen molar-refractivity contribution in [2.24, 2.45) is 0 Å². The van der Waals surface area contributed by atoms with Crippen molar-refractivity contribution in [2.45, 2.75) is 154 Å². The number of rotatable bonds is 8. The van der Waals surface area contributed by atoms with Gasteiger partial charge < -0.3 is 25.1 Å². The van der Waals surface area contributed by atoms with Crippen molar-refractivity contribution in [1.82, 2.24) is 0 Å². The van der Waals surface area contributed by atoms with Gasteiger partial charge in [0.1, 0.15) is 0 Å². The molecule has 0 aromatic carbocycles. The van der Waals surface area contributed by atoms with Crippen LogP contribution in [0.15, 0.2) is 58.2 Å². The normalized spacial score (nSPS) is 27.6. The molecular weight excluding hydrogens is 1250 g/mol. The van der Waals surface area contributed by atoms with Crippen LogP contribution in [-0.4, -0.2) is 46.1 Å². The summed E-state index contributed by atoms with van der Waals surface area (Å²) >= 11 is 31.5. The molecule has 0 radical (unpaired) electrons. The van der Waals surface area contributed by atoms with E-state index < -0.39 is 0 Å². The third-order valence-corrected chi connectivity index (χ3v) is 22.6. The molecule has 0 aromatic rings. The van der Waals surface area contributed by atoms with Gasteiger partial charge in [0, 0.05) is 0 Å². The van der Waals surface area contributed by atoms with Crippen LogP contribution in [0, 0.1) is 14.9 Å². The summed E-state index contributed by atoms with van der Waals surface area (Å²) in [4.78, 5) is 0. The van der Waals surface area contributed by atoms with Gasteiger partial charge in [0.05, 0.1) is 35.9 Å². The molecule has 8 aliphatic rings. The first-order valence-electron chi connectivity index (χ1n) is 17.5. The topological polar surface area (TPSA) is 40.5 Å². The maximum atomic E-state index is 8.69. The summed E-state index contributed by atoms with van der Waals surface area (Å²) in [5, 5.41) is 16.8. The van der Waals surface area contributed by atoms with Gasteiger partial charge in [0.15, 0.2) is 0 Å². The van der Waals surface area contributed by atoms with E-state index >= 15 is 0 Å². The van der Waals surface area contributed by atoms with Gasteiger partial charge in [-0.25, -0.2) is 0 Å². The molecule has 3 atom stereocenters. The molecule has 3 fully saturated rings. The summed E-state index contributed by atoms with van der Waals surface area (Å²) in [6.07, 6.45) is 28.1. The van der Waals surface area contributed by atoms with Crippen LogP contribution in [0.1, 0.15) is 131 Å². The molecule has 0 aliphatic heterocycles. The van der Waals surface area contributed by atoms with E-state index in [0.717, 1.165) is 12.8 Å². The molecule has 3 unspecified atom stereocenters. The number of aliphatic hydroxyl groups excluding tert-OH is 2. The second-order valence-corrected chi connectivity index (χ2v) is 29.2. The van der Waals surface area contributed by atoms with E-state index in [-0.39, 0.29) is 79.8 Å². The number of halogens is 9. The summed E-state index contributed by atoms with van der Waals surface area (Å²) in [7, 11) is 0. The van der Waals surface area contributed by atoms with E-state index in [1.54, 1.807) is 22.3 Å². The number of aliphatic hydroxyl groups is 2. The van der Waals surface area contributed by atoms with Crippen molar-refractivity contribution in [1.29, 1.82) is 0 Å². The Hall–Kier alpha value is 4.13. The Morgan fingerprint density at radius 1 is 0.434 bits per heavy atom. The number of allylic oxidation sites excluding steroid dienone is 9. The first-order chi connectivity index (χ1) is 22.7. The van der Waals surface area contributed by atoms with Crippen LogP contribution in [0.2, 0.25) is 0 Å². The van der Waals surface area contributed by atoms with E-state index in [9.17, 15) is 0 Å². The van der Waals surface area contributed by atoms with Crippen LogP contribution < -0.4 is 37.7 Å². The van der Waals surface area contributed by atoms with Crippen molar-refractivity contribution in [2.75, 3.05) is 13.2 Å². The second-order valence-electron chi connectivity index (χ2n) is 13.3. The molecule has 0 saturated heterocycles. The standard InChI is InChI=1S/2C5H7Br3.4C5H8.C4H5Br3O.C4H6O.2CH3.2Li/c2*1-2-4(6)3-5(4,7)8;4*1-2-5-3-4-5;5-3(2-8)1-4(3,6)7;5-3-4-1-2-4;;;;/h2*2-3H2,1H3;4*3H,2,4H2,1H3;8H,1-2H2;1,5H,2-3H2;2*1H3;;/q;;;;;;;;2*-1;2*+1. The predicted molar refractivity (Wildman–Crippen MR) is 263 cm³/mol. The first-order valence-corrected chi connectivity index (χ1v) is 24.7. The second kappa shape index (κ2) is 29.4. The molecule has 0 spiro atoms. The SMILES string of the molecule is CCC1(Br)CC1(Br)Br.CCC1(Br)CC1(Br)Br.CCC1=CC1.CCC1=CC1.CCC1=CC1.CCC1=CC1.OCC1(Br)CC1(Br)Br.OCC1=CC1.[CH3-].[CH3-].[Li+].[Li+]. The van der Waals surface area contributed by atoms with Gasteiger partial charge in [0.25, 0.3) is 0 Å². The Kier molecular flexibility index (Phi) is 35.4. The Morgan fingerprint density at radius 3 is 0.623 bits per heavy atom. The third-order valence-electron chi connectivity index (χ3n) is 8.95. The smallest absolute Gasteiger partial charge is 0.395 e. The summed E-state index contributed by atoms with van der Waals surface area (Å²) in [5.74, 6) is 0. The van der Waals surface area contributed by atoms with Gasteiger partial charge in [-0.2, -0.15) is 0 Å². The molecule has 0 heterocycles. The maximum Gasteiger partial charge on any atom is 1.00 e. The minimum Gasteiger partial charge on any atom is -0.395 e. The quantitative estimate of drug-likeness (QED) is 0.110. The number of hydrogen-bond donors (Lipinski definition) is 2. The fraction of sp³-hybridized carbons (Fsp3) is 0.700. The molecule has 0 bridgehead atoms. The molecule has 300 valence electrons. The van der Waals surface area contributed by atoms with Crippen LogP contribution >= 0.6 is 143 Å². The summed E-state index contributed by atoms with van der Waals surface area (Å²) < 4.78 is 0.894. The summed E-state index contributed by atoms with van der Waals surface area (Å²) in [5.41, 5.74) is 7.70. The van der Waals surface area contributed by atoms with Crippen LogP contribution in [-0.2, 0) is 0 Å². The molecular formula is C40H63Br9Li2O2. The molecule has 2 nitrogen and oxygen atoms in total. The van der Waals surface area contributed by atoms with Crippen LogP contribution in [0.25, 0.3) is 0 Å². The Labute approximate surface area is 426 Å². The van der Waals surface area contributed by atoms with Gasteiger partial charge in [-0.1, -0.05) is 238 Å². The van der Waals surface area contributed by atoms with Gasteiger partial charge in [0.2, 0.25) is 0 Å². The monoisotopic (exact) mass is 1300 g/mol. The average Bonchev–Trinajstić information content (AvgIpc) is 3.86. The molecule has 0 aromatic heterocycles. The van der Waals surface area contributed by atoms with Crippen molar-refractivity contribution in [3.05, 3.63) is 73.1 Å². The fourth-order valence-electron chi connectivity index (χ4n) is 3.51. The Morgan fingerprint density at radius 2 is 0.623 bits per heavy atom. The van der Waals surface area contributed by atoms with E-state index in [1.807, 2.05) is 6.08 Å². The largest absolute Gasteiger partial charge is 1.00 e. The molecule has 2 N–H and O–H groups in total. The Balaban J connectivity index is -0.000000258. The number of alkyl halides is 9. The van der Waals surface area contributed by atoms with Gasteiger partial charge >= 0.3 is 37.7 Å². The zero-order chi connectivity index (χ0) is 37.7. The maximum absolute atomic E-state index is 8.69. The van der Waals surface area contributed by atoms with E-state index in [0.29, 0.717) is 8.65 Å². The van der Waals surface area contributed by atoms with E-state index in [1.165, 1.54) is 82.6 Å². The zero-order valence-electron chi connectivity index (χ0n) is 34.0. The van der Waals surface area contributed by atoms with Crippen molar-refractivity contribution in [3.63, 3.8) is 0 Å². The molecule has 0 amide bonds.